The number of unbranched alkanes of at least 4 members (excludes halogenated alkanes) is 6. The molecule has 1 nitrogen and oxygen atoms in total. The van der Waals surface area contributed by atoms with Crippen molar-refractivity contribution in [3.05, 3.63) is 35.4 Å². The van der Waals surface area contributed by atoms with Crippen molar-refractivity contribution in [1.29, 1.82) is 0 Å². The van der Waals surface area contributed by atoms with Crippen LogP contribution >= 0.6 is 0 Å². The first kappa shape index (κ1) is 18.2. The molecule has 1 aromatic rings. The van der Waals surface area contributed by atoms with Gasteiger partial charge in [-0.25, -0.2) is 0 Å². The molecule has 120 valence electrons. The Balaban J connectivity index is 2.35. The Morgan fingerprint density at radius 1 is 0.905 bits per heavy atom. The predicted octanol–water partition coefficient (Wildman–Crippen LogP) is 6.04. The van der Waals surface area contributed by atoms with Gasteiger partial charge >= 0.3 is 0 Å². The molecule has 1 unspecified atom stereocenters. The molecule has 1 atom stereocenters. The third-order valence-electron chi connectivity index (χ3n) is 4.31. The SMILES string of the molecule is CCCCCCCCCC(NCC)c1cccc(CC)c1. The van der Waals surface area contributed by atoms with Gasteiger partial charge in [0.15, 0.2) is 0 Å². The number of hydrogen-bond acceptors (Lipinski definition) is 1. The van der Waals surface area contributed by atoms with Gasteiger partial charge in [-0.3, -0.25) is 0 Å². The molecule has 21 heavy (non-hydrogen) atoms. The molecule has 0 saturated carbocycles. The summed E-state index contributed by atoms with van der Waals surface area (Å²) in [7, 11) is 0. The largest absolute Gasteiger partial charge is 0.310 e. The number of hydrogen-bond donors (Lipinski definition) is 1. The molecule has 0 amide bonds. The maximum Gasteiger partial charge on any atom is 0.0320 e. The summed E-state index contributed by atoms with van der Waals surface area (Å²) in [5, 5.41) is 3.66. The van der Waals surface area contributed by atoms with Crippen molar-refractivity contribution in [2.75, 3.05) is 6.54 Å². The summed E-state index contributed by atoms with van der Waals surface area (Å²) >= 11 is 0. The first-order valence-corrected chi connectivity index (χ1v) is 9.14. The number of aryl methyl sites for hydroxylation is 1. The summed E-state index contributed by atoms with van der Waals surface area (Å²) in [5.41, 5.74) is 2.93. The van der Waals surface area contributed by atoms with E-state index >= 15 is 0 Å². The maximum absolute atomic E-state index is 3.66. The molecule has 0 aromatic heterocycles. The van der Waals surface area contributed by atoms with Crippen LogP contribution in [0.5, 0.6) is 0 Å². The molecule has 0 heterocycles. The van der Waals surface area contributed by atoms with E-state index in [1.165, 1.54) is 62.5 Å². The Morgan fingerprint density at radius 2 is 1.62 bits per heavy atom. The predicted molar refractivity (Wildman–Crippen MR) is 94.8 cm³/mol. The van der Waals surface area contributed by atoms with Crippen LogP contribution in [-0.2, 0) is 6.42 Å². The van der Waals surface area contributed by atoms with E-state index in [1.54, 1.807) is 0 Å². The third-order valence-corrected chi connectivity index (χ3v) is 4.31. The highest BCUT2D eigenvalue weighted by Crippen LogP contribution is 2.21. The fourth-order valence-corrected chi connectivity index (χ4v) is 2.97. The molecule has 0 fully saturated rings. The lowest BCUT2D eigenvalue weighted by Gasteiger charge is -2.19. The summed E-state index contributed by atoms with van der Waals surface area (Å²) < 4.78 is 0. The summed E-state index contributed by atoms with van der Waals surface area (Å²) in [4.78, 5) is 0. The van der Waals surface area contributed by atoms with Crippen molar-refractivity contribution >= 4 is 0 Å². The summed E-state index contributed by atoms with van der Waals surface area (Å²) in [6.45, 7) is 7.78. The zero-order valence-electron chi connectivity index (χ0n) is 14.5. The molecule has 1 rings (SSSR count). The Kier molecular flexibility index (Phi) is 10.2. The van der Waals surface area contributed by atoms with E-state index in [4.69, 9.17) is 0 Å². The van der Waals surface area contributed by atoms with Gasteiger partial charge in [0.2, 0.25) is 0 Å². The molecule has 0 aliphatic carbocycles. The highest BCUT2D eigenvalue weighted by Gasteiger charge is 2.10. The van der Waals surface area contributed by atoms with Crippen molar-refractivity contribution in [3.8, 4) is 0 Å². The van der Waals surface area contributed by atoms with Crippen LogP contribution in [0.1, 0.15) is 89.3 Å². The fourth-order valence-electron chi connectivity index (χ4n) is 2.97. The number of benzene rings is 1. The van der Waals surface area contributed by atoms with Crippen molar-refractivity contribution in [3.63, 3.8) is 0 Å². The first-order valence-electron chi connectivity index (χ1n) is 9.14. The van der Waals surface area contributed by atoms with E-state index < -0.39 is 0 Å². The van der Waals surface area contributed by atoms with Gasteiger partial charge in [0.1, 0.15) is 0 Å². The zero-order chi connectivity index (χ0) is 15.3. The number of nitrogens with one attached hydrogen (secondary N) is 1. The molecule has 0 spiro atoms. The maximum atomic E-state index is 3.66. The second kappa shape index (κ2) is 11.8. The van der Waals surface area contributed by atoms with Gasteiger partial charge in [-0.15, -0.1) is 0 Å². The Morgan fingerprint density at radius 3 is 2.29 bits per heavy atom. The second-order valence-corrected chi connectivity index (χ2v) is 6.12. The van der Waals surface area contributed by atoms with Gasteiger partial charge in [-0.05, 0) is 30.5 Å². The monoisotopic (exact) mass is 289 g/mol. The zero-order valence-corrected chi connectivity index (χ0v) is 14.5. The average Bonchev–Trinajstić information content (AvgIpc) is 2.53. The highest BCUT2D eigenvalue weighted by atomic mass is 14.9. The van der Waals surface area contributed by atoms with Crippen molar-refractivity contribution in [2.24, 2.45) is 0 Å². The van der Waals surface area contributed by atoms with E-state index in [-0.39, 0.29) is 0 Å². The van der Waals surface area contributed by atoms with E-state index in [2.05, 4.69) is 50.4 Å². The van der Waals surface area contributed by atoms with Crippen molar-refractivity contribution in [1.82, 2.24) is 5.32 Å². The van der Waals surface area contributed by atoms with Crippen molar-refractivity contribution < 1.29 is 0 Å². The summed E-state index contributed by atoms with van der Waals surface area (Å²) in [5.74, 6) is 0. The van der Waals surface area contributed by atoms with E-state index in [9.17, 15) is 0 Å². The lowest BCUT2D eigenvalue weighted by Crippen LogP contribution is -2.21. The smallest absolute Gasteiger partial charge is 0.0320 e. The minimum Gasteiger partial charge on any atom is -0.310 e. The Hall–Kier alpha value is -0.820. The number of rotatable bonds is 12. The highest BCUT2D eigenvalue weighted by molar-refractivity contribution is 5.26. The van der Waals surface area contributed by atoms with Crippen LogP contribution in [0.25, 0.3) is 0 Å². The normalized spacial score (nSPS) is 12.5. The van der Waals surface area contributed by atoms with Gasteiger partial charge < -0.3 is 5.32 Å². The third kappa shape index (κ3) is 7.66. The fraction of sp³-hybridized carbons (Fsp3) is 0.700. The van der Waals surface area contributed by atoms with Crippen LogP contribution in [0, 0.1) is 0 Å². The van der Waals surface area contributed by atoms with E-state index in [0.717, 1.165) is 13.0 Å². The second-order valence-electron chi connectivity index (χ2n) is 6.12. The topological polar surface area (TPSA) is 12.0 Å². The molecule has 0 saturated heterocycles. The van der Waals surface area contributed by atoms with Crippen LogP contribution in [0.2, 0.25) is 0 Å². The van der Waals surface area contributed by atoms with Gasteiger partial charge in [-0.1, -0.05) is 90.0 Å². The summed E-state index contributed by atoms with van der Waals surface area (Å²) in [6, 6.07) is 9.66. The molecular weight excluding hydrogens is 254 g/mol. The lowest BCUT2D eigenvalue weighted by molar-refractivity contribution is 0.475. The van der Waals surface area contributed by atoms with Gasteiger partial charge in [0.05, 0.1) is 0 Å². The molecule has 0 bridgehead atoms. The van der Waals surface area contributed by atoms with Crippen LogP contribution in [0.4, 0.5) is 0 Å². The summed E-state index contributed by atoms with van der Waals surface area (Å²) in [6.07, 6.45) is 12.1. The lowest BCUT2D eigenvalue weighted by atomic mass is 9.97. The Bertz CT molecular complexity index is 359. The molecule has 1 aromatic carbocycles. The van der Waals surface area contributed by atoms with E-state index in [1.807, 2.05) is 0 Å². The van der Waals surface area contributed by atoms with Crippen LogP contribution in [-0.4, -0.2) is 6.54 Å². The van der Waals surface area contributed by atoms with Crippen LogP contribution in [0.15, 0.2) is 24.3 Å². The van der Waals surface area contributed by atoms with Gasteiger partial charge in [0, 0.05) is 6.04 Å². The first-order chi connectivity index (χ1) is 10.3. The Labute approximate surface area is 132 Å². The molecule has 0 radical (unpaired) electrons. The standard InChI is InChI=1S/C20H35N/c1-4-7-8-9-10-11-12-16-20(21-6-3)19-15-13-14-18(5-2)17-19/h13-15,17,20-21H,4-12,16H2,1-3H3. The molecule has 0 aliphatic heterocycles. The quantitative estimate of drug-likeness (QED) is 0.462. The van der Waals surface area contributed by atoms with E-state index in [0.29, 0.717) is 6.04 Å². The van der Waals surface area contributed by atoms with Gasteiger partial charge in [-0.2, -0.15) is 0 Å². The van der Waals surface area contributed by atoms with Crippen LogP contribution < -0.4 is 5.32 Å². The van der Waals surface area contributed by atoms with Gasteiger partial charge in [0.25, 0.3) is 0 Å². The minimum atomic E-state index is 0.539. The van der Waals surface area contributed by atoms with Crippen molar-refractivity contribution in [2.45, 2.75) is 84.6 Å². The molecule has 1 N–H and O–H groups in total. The molecule has 1 heteroatoms. The minimum absolute atomic E-state index is 0.539. The molecule has 0 aliphatic rings. The molecular formula is C20H35N. The van der Waals surface area contributed by atoms with Crippen LogP contribution in [0.3, 0.4) is 0 Å². The average molecular weight is 290 g/mol.